The molecule has 2 aromatic carbocycles. The van der Waals surface area contributed by atoms with Crippen LogP contribution in [0.15, 0.2) is 36.4 Å². The Hall–Kier alpha value is -2.53. The summed E-state index contributed by atoms with van der Waals surface area (Å²) < 4.78 is 0. The van der Waals surface area contributed by atoms with Gasteiger partial charge in [-0.2, -0.15) is 0 Å². The third kappa shape index (κ3) is 2.61. The molecular formula is C18H16ClN3O2. The highest BCUT2D eigenvalue weighted by atomic mass is 35.5. The second-order valence-corrected chi connectivity index (χ2v) is 6.44. The highest BCUT2D eigenvalue weighted by molar-refractivity contribution is 6.31. The number of amides is 2. The Bertz CT molecular complexity index is 850. The number of carbonyl (C=O) groups is 2. The largest absolute Gasteiger partial charge is 0.353 e. The van der Waals surface area contributed by atoms with Crippen LogP contribution in [0, 0.1) is 0 Å². The van der Waals surface area contributed by atoms with Gasteiger partial charge in [0, 0.05) is 23.7 Å². The van der Waals surface area contributed by atoms with Crippen LogP contribution in [0.5, 0.6) is 0 Å². The van der Waals surface area contributed by atoms with E-state index in [0.717, 1.165) is 30.8 Å². The number of anilines is 4. The van der Waals surface area contributed by atoms with E-state index in [-0.39, 0.29) is 11.8 Å². The summed E-state index contributed by atoms with van der Waals surface area (Å²) in [5.74, 6) is -0.0702. The van der Waals surface area contributed by atoms with Crippen LogP contribution in [0.1, 0.15) is 29.6 Å². The summed E-state index contributed by atoms with van der Waals surface area (Å²) in [5, 5.41) is 6.72. The number of piperidine rings is 1. The number of fused-ring (bicyclic) bond motifs is 2. The number of hydrogen-bond acceptors (Lipinski definition) is 3. The molecule has 2 aromatic rings. The molecule has 2 amide bonds. The van der Waals surface area contributed by atoms with Crippen LogP contribution in [0.3, 0.4) is 0 Å². The summed E-state index contributed by atoms with van der Waals surface area (Å²) in [7, 11) is 0. The molecule has 0 atom stereocenters. The second kappa shape index (κ2) is 5.83. The Labute approximate surface area is 144 Å². The molecule has 0 radical (unpaired) electrons. The number of benzene rings is 2. The van der Waals surface area contributed by atoms with E-state index in [1.807, 2.05) is 18.2 Å². The first kappa shape index (κ1) is 15.0. The van der Waals surface area contributed by atoms with Gasteiger partial charge in [-0.05, 0) is 49.2 Å². The normalized spacial score (nSPS) is 16.6. The molecule has 2 aliphatic heterocycles. The zero-order valence-corrected chi connectivity index (χ0v) is 13.7. The Morgan fingerprint density at radius 2 is 1.79 bits per heavy atom. The van der Waals surface area contributed by atoms with Crippen LogP contribution >= 0.6 is 11.6 Å². The van der Waals surface area contributed by atoms with E-state index in [9.17, 15) is 9.59 Å². The average Bonchev–Trinajstić information content (AvgIpc) is 2.70. The number of nitrogens with one attached hydrogen (secondary N) is 2. The average molecular weight is 342 g/mol. The minimum Gasteiger partial charge on any atom is -0.353 e. The Balaban J connectivity index is 1.72. The third-order valence-electron chi connectivity index (χ3n) is 4.38. The van der Waals surface area contributed by atoms with E-state index in [1.165, 1.54) is 0 Å². The van der Waals surface area contributed by atoms with Crippen molar-refractivity contribution in [2.75, 3.05) is 22.1 Å². The van der Waals surface area contributed by atoms with Crippen LogP contribution in [-0.2, 0) is 4.79 Å². The predicted molar refractivity (Wildman–Crippen MR) is 95.3 cm³/mol. The lowest BCUT2D eigenvalue weighted by molar-refractivity contribution is -0.119. The standard InChI is InChI=1S/C18H16ClN3O2/c19-11-4-6-13-15(9-11)20-14-7-5-12(10-16(14)21-18(13)24)22-8-2-1-3-17(22)23/h4-7,9-10,20H,1-3,8H2,(H,21,24). The fourth-order valence-electron chi connectivity index (χ4n) is 3.14. The van der Waals surface area contributed by atoms with Gasteiger partial charge in [-0.15, -0.1) is 0 Å². The van der Waals surface area contributed by atoms with E-state index in [0.29, 0.717) is 28.4 Å². The van der Waals surface area contributed by atoms with Crippen molar-refractivity contribution in [1.82, 2.24) is 0 Å². The van der Waals surface area contributed by atoms with Gasteiger partial charge in [-0.1, -0.05) is 11.6 Å². The third-order valence-corrected chi connectivity index (χ3v) is 4.62. The lowest BCUT2D eigenvalue weighted by Gasteiger charge is -2.27. The van der Waals surface area contributed by atoms with Crippen LogP contribution in [0.25, 0.3) is 0 Å². The zero-order chi connectivity index (χ0) is 16.7. The maximum atomic E-state index is 12.5. The van der Waals surface area contributed by atoms with Gasteiger partial charge < -0.3 is 15.5 Å². The molecule has 0 saturated carbocycles. The van der Waals surface area contributed by atoms with E-state index in [2.05, 4.69) is 10.6 Å². The summed E-state index contributed by atoms with van der Waals surface area (Å²) in [6, 6.07) is 10.7. The van der Waals surface area contributed by atoms with Crippen molar-refractivity contribution in [3.8, 4) is 0 Å². The number of carbonyl (C=O) groups excluding carboxylic acids is 2. The Kier molecular flexibility index (Phi) is 3.65. The van der Waals surface area contributed by atoms with Crippen molar-refractivity contribution < 1.29 is 9.59 Å². The molecule has 4 rings (SSSR count). The van der Waals surface area contributed by atoms with Gasteiger partial charge in [0.25, 0.3) is 5.91 Å². The second-order valence-electron chi connectivity index (χ2n) is 6.00. The van der Waals surface area contributed by atoms with E-state index in [1.54, 1.807) is 23.1 Å². The molecule has 1 saturated heterocycles. The van der Waals surface area contributed by atoms with Crippen LogP contribution in [0.4, 0.5) is 22.7 Å². The molecule has 1 fully saturated rings. The molecule has 24 heavy (non-hydrogen) atoms. The van der Waals surface area contributed by atoms with Crippen molar-refractivity contribution in [3.63, 3.8) is 0 Å². The molecule has 5 nitrogen and oxygen atoms in total. The molecular weight excluding hydrogens is 326 g/mol. The molecule has 2 aliphatic rings. The molecule has 0 bridgehead atoms. The quantitative estimate of drug-likeness (QED) is 0.818. The van der Waals surface area contributed by atoms with Gasteiger partial charge in [-0.25, -0.2) is 0 Å². The van der Waals surface area contributed by atoms with Crippen LogP contribution in [0.2, 0.25) is 5.02 Å². The fourth-order valence-corrected chi connectivity index (χ4v) is 3.32. The molecule has 6 heteroatoms. The van der Waals surface area contributed by atoms with Crippen molar-refractivity contribution in [2.24, 2.45) is 0 Å². The summed E-state index contributed by atoms with van der Waals surface area (Å²) in [5.41, 5.74) is 3.44. The minimum atomic E-state index is -0.199. The van der Waals surface area contributed by atoms with Gasteiger partial charge in [0.1, 0.15) is 0 Å². The summed E-state index contributed by atoms with van der Waals surface area (Å²) in [6.45, 7) is 0.717. The van der Waals surface area contributed by atoms with Crippen molar-refractivity contribution in [1.29, 1.82) is 0 Å². The zero-order valence-electron chi connectivity index (χ0n) is 12.9. The maximum absolute atomic E-state index is 12.5. The smallest absolute Gasteiger partial charge is 0.257 e. The lowest BCUT2D eigenvalue weighted by atomic mass is 10.1. The summed E-state index contributed by atoms with van der Waals surface area (Å²) >= 11 is 6.03. The first-order valence-electron chi connectivity index (χ1n) is 7.94. The van der Waals surface area contributed by atoms with E-state index >= 15 is 0 Å². The van der Waals surface area contributed by atoms with Crippen molar-refractivity contribution >= 4 is 46.2 Å². The maximum Gasteiger partial charge on any atom is 0.257 e. The lowest BCUT2D eigenvalue weighted by Crippen LogP contribution is -2.35. The molecule has 0 aliphatic carbocycles. The molecule has 0 unspecified atom stereocenters. The summed E-state index contributed by atoms with van der Waals surface area (Å²) in [4.78, 5) is 26.4. The molecule has 122 valence electrons. The van der Waals surface area contributed by atoms with Crippen LogP contribution in [-0.4, -0.2) is 18.4 Å². The van der Waals surface area contributed by atoms with Crippen LogP contribution < -0.4 is 15.5 Å². The summed E-state index contributed by atoms with van der Waals surface area (Å²) in [6.07, 6.45) is 2.51. The molecule has 2 N–H and O–H groups in total. The molecule has 2 heterocycles. The van der Waals surface area contributed by atoms with Gasteiger partial charge in [-0.3, -0.25) is 9.59 Å². The monoisotopic (exact) mass is 341 g/mol. The van der Waals surface area contributed by atoms with E-state index < -0.39 is 0 Å². The van der Waals surface area contributed by atoms with Gasteiger partial charge >= 0.3 is 0 Å². The Morgan fingerprint density at radius 3 is 2.62 bits per heavy atom. The highest BCUT2D eigenvalue weighted by Gasteiger charge is 2.23. The van der Waals surface area contributed by atoms with Gasteiger partial charge in [0.05, 0.1) is 22.6 Å². The fraction of sp³-hybridized carbons (Fsp3) is 0.222. The van der Waals surface area contributed by atoms with Crippen molar-refractivity contribution in [2.45, 2.75) is 19.3 Å². The first-order valence-corrected chi connectivity index (χ1v) is 8.32. The molecule has 0 spiro atoms. The highest BCUT2D eigenvalue weighted by Crippen LogP contribution is 2.36. The number of nitrogens with zero attached hydrogens (tertiary/aromatic N) is 1. The SMILES string of the molecule is O=C1Nc2cc(N3CCCCC3=O)ccc2Nc2cc(Cl)ccc21. The predicted octanol–water partition coefficient (Wildman–Crippen LogP) is 4.17. The van der Waals surface area contributed by atoms with Gasteiger partial charge in [0.2, 0.25) is 5.91 Å². The topological polar surface area (TPSA) is 61.4 Å². The minimum absolute atomic E-state index is 0.129. The first-order chi connectivity index (χ1) is 11.6. The van der Waals surface area contributed by atoms with E-state index in [4.69, 9.17) is 11.6 Å². The molecule has 0 aromatic heterocycles. The van der Waals surface area contributed by atoms with Gasteiger partial charge in [0.15, 0.2) is 0 Å². The number of rotatable bonds is 1. The number of halogens is 1. The van der Waals surface area contributed by atoms with Crippen molar-refractivity contribution in [3.05, 3.63) is 47.0 Å². The number of hydrogen-bond donors (Lipinski definition) is 2. The Morgan fingerprint density at radius 1 is 0.917 bits per heavy atom.